The van der Waals surface area contributed by atoms with Gasteiger partial charge in [-0.3, -0.25) is 19.3 Å². The van der Waals surface area contributed by atoms with Crippen molar-refractivity contribution >= 4 is 54.5 Å². The van der Waals surface area contributed by atoms with E-state index in [4.69, 9.17) is 0 Å². The summed E-state index contributed by atoms with van der Waals surface area (Å²) in [6.45, 7) is 0.470. The summed E-state index contributed by atoms with van der Waals surface area (Å²) in [4.78, 5) is 40.5. The first kappa shape index (κ1) is 34.4. The van der Waals surface area contributed by atoms with Gasteiger partial charge in [-0.1, -0.05) is 61.9 Å². The summed E-state index contributed by atoms with van der Waals surface area (Å²) in [5, 5.41) is 36.7. The van der Waals surface area contributed by atoms with Gasteiger partial charge in [-0.2, -0.15) is 0 Å². The average molecular weight is 707 g/mol. The van der Waals surface area contributed by atoms with E-state index in [9.17, 15) is 29.7 Å². The molecule has 0 heterocycles. The zero-order chi connectivity index (χ0) is 27.2. The minimum atomic E-state index is -1.04. The quantitative estimate of drug-likeness (QED) is 0.148. The molecule has 14 heteroatoms. The standard InChI is InChI=1S/C24H31N5O6S2.Gd/c30-22(31)13-27(9-11-28(14-23(32)33)16-25-18-1-5-20(36)6-2-18)10-12-29(15-24(34)35)17-26-19-3-7-21(37)8-4-19;/h1-8,36-37H,9-17H2,(H,30,31)(H,32,33)(H,34,35);/q-2;. The van der Waals surface area contributed by atoms with Crippen molar-refractivity contribution in [3.05, 3.63) is 59.2 Å². The molecule has 0 amide bonds. The fourth-order valence-corrected chi connectivity index (χ4v) is 3.59. The van der Waals surface area contributed by atoms with Gasteiger partial charge in [0.15, 0.2) is 0 Å². The van der Waals surface area contributed by atoms with E-state index in [1.165, 1.54) is 0 Å². The third-order valence-corrected chi connectivity index (χ3v) is 5.74. The topological polar surface area (TPSA) is 150 Å². The Balaban J connectivity index is 0.00000722. The molecule has 0 saturated carbocycles. The van der Waals surface area contributed by atoms with Crippen LogP contribution in [0.1, 0.15) is 0 Å². The molecular formula is C24H31GdN5O6S2-2. The van der Waals surface area contributed by atoms with Crippen LogP contribution in [0.4, 0.5) is 11.4 Å². The summed E-state index contributed by atoms with van der Waals surface area (Å²) in [5.41, 5.74) is 1.35. The van der Waals surface area contributed by atoms with E-state index in [2.05, 4.69) is 35.9 Å². The predicted octanol–water partition coefficient (Wildman–Crippen LogP) is 3.05. The second-order valence-corrected chi connectivity index (χ2v) is 9.23. The Labute approximate surface area is 265 Å². The van der Waals surface area contributed by atoms with E-state index in [1.54, 1.807) is 63.2 Å². The molecule has 0 bridgehead atoms. The number of carboxylic acid groups (broad SMARTS) is 3. The third-order valence-electron chi connectivity index (χ3n) is 5.15. The van der Waals surface area contributed by atoms with Gasteiger partial charge in [0.05, 0.1) is 19.6 Å². The Morgan fingerprint density at radius 3 is 1.18 bits per heavy atom. The van der Waals surface area contributed by atoms with Gasteiger partial charge < -0.3 is 35.8 Å². The zero-order valence-electron chi connectivity index (χ0n) is 20.5. The molecule has 2 aromatic rings. The van der Waals surface area contributed by atoms with Gasteiger partial charge in [-0.15, -0.1) is 36.6 Å². The van der Waals surface area contributed by atoms with E-state index < -0.39 is 17.9 Å². The Hall–Kier alpha value is -1.65. The first-order valence-corrected chi connectivity index (χ1v) is 12.3. The minimum Gasteiger partial charge on any atom is -0.672 e. The first-order chi connectivity index (χ1) is 17.6. The van der Waals surface area contributed by atoms with Crippen molar-refractivity contribution in [3.8, 4) is 0 Å². The zero-order valence-corrected chi connectivity index (χ0v) is 24.6. The molecule has 11 nitrogen and oxygen atoms in total. The number of carboxylic acids is 3. The summed E-state index contributed by atoms with van der Waals surface area (Å²) in [7, 11) is 0. The van der Waals surface area contributed by atoms with Gasteiger partial charge in [0.1, 0.15) is 0 Å². The molecule has 38 heavy (non-hydrogen) atoms. The second kappa shape index (κ2) is 18.6. The Bertz CT molecular complexity index is 943. The van der Waals surface area contributed by atoms with Crippen molar-refractivity contribution in [2.24, 2.45) is 0 Å². The molecule has 0 fully saturated rings. The van der Waals surface area contributed by atoms with E-state index in [0.717, 1.165) is 9.79 Å². The molecule has 0 aliphatic carbocycles. The van der Waals surface area contributed by atoms with Crippen LogP contribution in [0, 0.1) is 39.9 Å². The Kier molecular flexibility index (Phi) is 16.8. The smallest absolute Gasteiger partial charge is 0.317 e. The van der Waals surface area contributed by atoms with Crippen LogP contribution in [0.2, 0.25) is 0 Å². The number of aliphatic carboxylic acids is 3. The molecule has 0 spiro atoms. The van der Waals surface area contributed by atoms with Gasteiger partial charge >= 0.3 is 17.9 Å². The summed E-state index contributed by atoms with van der Waals surface area (Å²) in [6, 6.07) is 14.2. The number of benzene rings is 2. The molecule has 0 aliphatic rings. The van der Waals surface area contributed by atoms with Gasteiger partial charge in [0, 0.05) is 75.9 Å². The van der Waals surface area contributed by atoms with Crippen LogP contribution in [0.25, 0.3) is 10.6 Å². The van der Waals surface area contributed by atoms with Crippen molar-refractivity contribution in [3.63, 3.8) is 0 Å². The van der Waals surface area contributed by atoms with Crippen molar-refractivity contribution < 1.29 is 69.6 Å². The number of hydrogen-bond donors (Lipinski definition) is 5. The normalized spacial score (nSPS) is 10.9. The van der Waals surface area contributed by atoms with E-state index in [0.29, 0.717) is 11.4 Å². The molecule has 2 aromatic carbocycles. The van der Waals surface area contributed by atoms with Gasteiger partial charge in [-0.05, 0) is 0 Å². The summed E-state index contributed by atoms with van der Waals surface area (Å²) >= 11 is 8.46. The number of thiol groups is 2. The number of rotatable bonds is 18. The van der Waals surface area contributed by atoms with Crippen LogP contribution < -0.4 is 0 Å². The molecule has 0 aliphatic heterocycles. The molecule has 0 unspecified atom stereocenters. The maximum absolute atomic E-state index is 11.4. The largest absolute Gasteiger partial charge is 0.672 e. The monoisotopic (exact) mass is 707 g/mol. The van der Waals surface area contributed by atoms with Gasteiger partial charge in [0.25, 0.3) is 0 Å². The predicted molar refractivity (Wildman–Crippen MR) is 146 cm³/mol. The molecular weight excluding hydrogens is 676 g/mol. The van der Waals surface area contributed by atoms with Crippen molar-refractivity contribution in [1.29, 1.82) is 0 Å². The maximum Gasteiger partial charge on any atom is 0.317 e. The van der Waals surface area contributed by atoms with Crippen molar-refractivity contribution in [2.75, 3.05) is 59.2 Å². The molecule has 2 rings (SSSR count). The molecule has 0 radical (unpaired) electrons. The minimum absolute atomic E-state index is 0. The van der Waals surface area contributed by atoms with Crippen LogP contribution in [-0.2, 0) is 14.4 Å². The SMILES string of the molecule is O=C(O)CN(CCN(C[N-]c1ccc(S)cc1)CC(=O)O)CCN(C[N-]c1ccc(S)cc1)CC(=O)O.[Gd]. The van der Waals surface area contributed by atoms with E-state index in [-0.39, 0.29) is 99.1 Å². The molecule has 0 saturated heterocycles. The second-order valence-electron chi connectivity index (χ2n) is 8.19. The molecule has 0 aromatic heterocycles. The van der Waals surface area contributed by atoms with E-state index >= 15 is 0 Å². The molecule has 0 atom stereocenters. The van der Waals surface area contributed by atoms with Crippen LogP contribution in [-0.4, -0.2) is 107 Å². The van der Waals surface area contributed by atoms with Crippen LogP contribution in [0.5, 0.6) is 0 Å². The Morgan fingerprint density at radius 2 is 0.868 bits per heavy atom. The summed E-state index contributed by atoms with van der Waals surface area (Å²) in [5.74, 6) is -3.08. The van der Waals surface area contributed by atoms with E-state index in [1.807, 2.05) is 0 Å². The number of hydrogen-bond acceptors (Lipinski definition) is 8. The fraction of sp³-hybridized carbons (Fsp3) is 0.375. The summed E-state index contributed by atoms with van der Waals surface area (Å²) in [6.07, 6.45) is 0. The van der Waals surface area contributed by atoms with Crippen LogP contribution in [0.3, 0.4) is 0 Å². The van der Waals surface area contributed by atoms with Crippen molar-refractivity contribution in [2.45, 2.75) is 9.79 Å². The number of nitrogens with zero attached hydrogens (tertiary/aromatic N) is 5. The van der Waals surface area contributed by atoms with Crippen LogP contribution >= 0.6 is 25.3 Å². The van der Waals surface area contributed by atoms with Gasteiger partial charge in [0.2, 0.25) is 0 Å². The molecule has 3 N–H and O–H groups in total. The van der Waals surface area contributed by atoms with Crippen LogP contribution in [0.15, 0.2) is 58.3 Å². The maximum atomic E-state index is 11.4. The molecule has 210 valence electrons. The van der Waals surface area contributed by atoms with Crippen molar-refractivity contribution in [1.82, 2.24) is 14.7 Å². The third kappa shape index (κ3) is 15.1. The number of carbonyl (C=O) groups is 3. The summed E-state index contributed by atoms with van der Waals surface area (Å²) < 4.78 is 0. The van der Waals surface area contributed by atoms with Gasteiger partial charge in [-0.25, -0.2) is 0 Å². The fourth-order valence-electron chi connectivity index (χ4n) is 3.29. The Morgan fingerprint density at radius 1 is 0.579 bits per heavy atom. The average Bonchev–Trinajstić information content (AvgIpc) is 2.83. The first-order valence-electron chi connectivity index (χ1n) is 11.4.